The number of methoxy groups -OCH3 is 1. The average Bonchev–Trinajstić information content (AvgIpc) is 3.39. The van der Waals surface area contributed by atoms with Crippen LogP contribution < -0.4 is 15.4 Å². The number of likely N-dealkylation sites (tertiary alicyclic amines) is 2. The first kappa shape index (κ1) is 24.6. The minimum Gasteiger partial charge on any atom is -0.497 e. The second-order valence-electron chi connectivity index (χ2n) is 8.87. The third-order valence-corrected chi connectivity index (χ3v) is 7.48. The number of rotatable bonds is 9. The first-order valence-electron chi connectivity index (χ1n) is 12.2. The summed E-state index contributed by atoms with van der Waals surface area (Å²) in [4.78, 5) is 30.0. The standard InChI is InChI=1S/C24H34N6O3S/c1-33-20-8-6-18(7-9-20)26-22(32)24-28-27-23(34-24)21(31)25-12-5-13-29-16-10-19(11-17-29)30-14-3-2-4-15-30/h6-9,19H,2-5,10-17H2,1H3,(H,25,31)(H,26,32). The SMILES string of the molecule is COc1ccc(NC(=O)c2nnc(C(=O)NCCCN3CCC(N4CCCCC4)CC3)s2)cc1. The number of carbonyl (C=O) groups is 2. The van der Waals surface area contributed by atoms with E-state index in [2.05, 4.69) is 30.6 Å². The largest absolute Gasteiger partial charge is 0.497 e. The van der Waals surface area contributed by atoms with Crippen molar-refractivity contribution in [3.8, 4) is 5.75 Å². The fraction of sp³-hybridized carbons (Fsp3) is 0.583. The van der Waals surface area contributed by atoms with Gasteiger partial charge in [0.25, 0.3) is 11.8 Å². The number of hydrogen-bond donors (Lipinski definition) is 2. The highest BCUT2D eigenvalue weighted by molar-refractivity contribution is 7.15. The van der Waals surface area contributed by atoms with E-state index in [-0.39, 0.29) is 15.9 Å². The molecule has 2 saturated heterocycles. The number of anilines is 1. The summed E-state index contributed by atoms with van der Waals surface area (Å²) in [5, 5.41) is 13.8. The van der Waals surface area contributed by atoms with E-state index in [0.717, 1.165) is 43.4 Å². The van der Waals surface area contributed by atoms with Gasteiger partial charge in [0.15, 0.2) is 0 Å². The number of nitrogens with zero attached hydrogens (tertiary/aromatic N) is 4. The van der Waals surface area contributed by atoms with Gasteiger partial charge in [0.2, 0.25) is 10.0 Å². The van der Waals surface area contributed by atoms with E-state index >= 15 is 0 Å². The topological polar surface area (TPSA) is 99.7 Å². The van der Waals surface area contributed by atoms with Crippen molar-refractivity contribution in [2.24, 2.45) is 0 Å². The third-order valence-electron chi connectivity index (χ3n) is 6.56. The summed E-state index contributed by atoms with van der Waals surface area (Å²) in [5.41, 5.74) is 0.618. The van der Waals surface area contributed by atoms with Crippen LogP contribution in [0.3, 0.4) is 0 Å². The molecule has 1 aromatic carbocycles. The molecular weight excluding hydrogens is 452 g/mol. The number of carbonyl (C=O) groups excluding carboxylic acids is 2. The Morgan fingerprint density at radius 3 is 2.35 bits per heavy atom. The molecule has 0 radical (unpaired) electrons. The minimum atomic E-state index is -0.394. The average molecular weight is 487 g/mol. The molecule has 10 heteroatoms. The van der Waals surface area contributed by atoms with Crippen LogP contribution in [0.25, 0.3) is 0 Å². The predicted molar refractivity (Wildman–Crippen MR) is 133 cm³/mol. The van der Waals surface area contributed by atoms with Crippen LogP contribution in [0.2, 0.25) is 0 Å². The second kappa shape index (κ2) is 12.2. The van der Waals surface area contributed by atoms with E-state index in [9.17, 15) is 9.59 Å². The molecule has 0 saturated carbocycles. The van der Waals surface area contributed by atoms with Gasteiger partial charge in [-0.2, -0.15) is 0 Å². The molecule has 4 rings (SSSR count). The Hall–Kier alpha value is -2.56. The van der Waals surface area contributed by atoms with Crippen molar-refractivity contribution < 1.29 is 14.3 Å². The van der Waals surface area contributed by atoms with Gasteiger partial charge in [0.1, 0.15) is 5.75 Å². The number of benzene rings is 1. The normalized spacial score (nSPS) is 17.9. The highest BCUT2D eigenvalue weighted by Crippen LogP contribution is 2.21. The number of hydrogen-bond acceptors (Lipinski definition) is 8. The molecule has 2 aliphatic heterocycles. The zero-order valence-corrected chi connectivity index (χ0v) is 20.6. The van der Waals surface area contributed by atoms with E-state index in [1.54, 1.807) is 31.4 Å². The van der Waals surface area contributed by atoms with Crippen molar-refractivity contribution in [3.63, 3.8) is 0 Å². The van der Waals surface area contributed by atoms with Crippen LogP contribution in [0.4, 0.5) is 5.69 Å². The fourth-order valence-electron chi connectivity index (χ4n) is 4.64. The summed E-state index contributed by atoms with van der Waals surface area (Å²) in [7, 11) is 1.58. The Morgan fingerprint density at radius 1 is 1.00 bits per heavy atom. The zero-order chi connectivity index (χ0) is 23.8. The van der Waals surface area contributed by atoms with Crippen LogP contribution in [0.1, 0.15) is 58.1 Å². The van der Waals surface area contributed by atoms with Crippen molar-refractivity contribution in [1.82, 2.24) is 25.3 Å². The van der Waals surface area contributed by atoms with Crippen molar-refractivity contribution in [3.05, 3.63) is 34.3 Å². The van der Waals surface area contributed by atoms with Gasteiger partial charge >= 0.3 is 0 Å². The number of amides is 2. The molecule has 2 amide bonds. The summed E-state index contributed by atoms with van der Waals surface area (Å²) in [6, 6.07) is 7.74. The molecule has 2 fully saturated rings. The van der Waals surface area contributed by atoms with E-state index in [1.807, 2.05) is 0 Å². The van der Waals surface area contributed by atoms with E-state index < -0.39 is 5.91 Å². The molecule has 0 aliphatic carbocycles. The molecule has 2 aromatic rings. The molecule has 0 atom stereocenters. The molecule has 184 valence electrons. The molecular formula is C24H34N6O3S. The summed E-state index contributed by atoms with van der Waals surface area (Å²) in [6.07, 6.45) is 7.48. The maximum Gasteiger partial charge on any atom is 0.286 e. The predicted octanol–water partition coefficient (Wildman–Crippen LogP) is 2.87. The number of nitrogens with one attached hydrogen (secondary N) is 2. The van der Waals surface area contributed by atoms with Gasteiger partial charge in [0, 0.05) is 18.3 Å². The molecule has 2 aliphatic rings. The highest BCUT2D eigenvalue weighted by Gasteiger charge is 2.25. The van der Waals surface area contributed by atoms with Crippen LogP contribution in [-0.4, -0.2) is 84.2 Å². The Kier molecular flexibility index (Phi) is 8.84. The maximum atomic E-state index is 12.4. The molecule has 9 nitrogen and oxygen atoms in total. The smallest absolute Gasteiger partial charge is 0.286 e. The Morgan fingerprint density at radius 2 is 1.68 bits per heavy atom. The second-order valence-corrected chi connectivity index (χ2v) is 9.85. The highest BCUT2D eigenvalue weighted by atomic mass is 32.1. The Balaban J connectivity index is 1.14. The lowest BCUT2D eigenvalue weighted by Crippen LogP contribution is -2.47. The molecule has 0 spiro atoms. The van der Waals surface area contributed by atoms with Crippen molar-refractivity contribution in [1.29, 1.82) is 0 Å². The van der Waals surface area contributed by atoms with Crippen LogP contribution >= 0.6 is 11.3 Å². The summed E-state index contributed by atoms with van der Waals surface area (Å²) in [5.74, 6) is 0.0225. The van der Waals surface area contributed by atoms with Crippen molar-refractivity contribution in [2.75, 3.05) is 51.7 Å². The van der Waals surface area contributed by atoms with E-state index in [4.69, 9.17) is 4.74 Å². The van der Waals surface area contributed by atoms with Gasteiger partial charge in [-0.25, -0.2) is 0 Å². The Bertz CT molecular complexity index is 936. The lowest BCUT2D eigenvalue weighted by Gasteiger charge is -2.40. The number of piperidine rings is 2. The monoisotopic (exact) mass is 486 g/mol. The number of aromatic nitrogens is 2. The summed E-state index contributed by atoms with van der Waals surface area (Å²) < 4.78 is 5.11. The minimum absolute atomic E-state index is 0.151. The van der Waals surface area contributed by atoms with Gasteiger partial charge in [-0.05, 0) is 89.1 Å². The quantitative estimate of drug-likeness (QED) is 0.526. The molecule has 34 heavy (non-hydrogen) atoms. The van der Waals surface area contributed by atoms with Crippen LogP contribution in [-0.2, 0) is 0 Å². The van der Waals surface area contributed by atoms with Gasteiger partial charge < -0.3 is 25.2 Å². The van der Waals surface area contributed by atoms with E-state index in [1.165, 1.54) is 45.2 Å². The van der Waals surface area contributed by atoms with Crippen molar-refractivity contribution >= 4 is 28.8 Å². The van der Waals surface area contributed by atoms with Crippen LogP contribution in [0.5, 0.6) is 5.75 Å². The molecule has 0 bridgehead atoms. The molecule has 1 aromatic heterocycles. The van der Waals surface area contributed by atoms with Gasteiger partial charge in [-0.3, -0.25) is 9.59 Å². The first-order chi connectivity index (χ1) is 16.6. The summed E-state index contributed by atoms with van der Waals surface area (Å²) >= 11 is 0.990. The third kappa shape index (κ3) is 6.74. The van der Waals surface area contributed by atoms with Crippen LogP contribution in [0.15, 0.2) is 24.3 Å². The number of ether oxygens (including phenoxy) is 1. The molecule has 2 N–H and O–H groups in total. The summed E-state index contributed by atoms with van der Waals surface area (Å²) in [6.45, 7) is 6.38. The Labute approximate surface area is 204 Å². The van der Waals surface area contributed by atoms with Gasteiger partial charge in [0.05, 0.1) is 7.11 Å². The zero-order valence-electron chi connectivity index (χ0n) is 19.8. The van der Waals surface area contributed by atoms with E-state index in [0.29, 0.717) is 18.0 Å². The van der Waals surface area contributed by atoms with Crippen LogP contribution in [0, 0.1) is 0 Å². The lowest BCUT2D eigenvalue weighted by atomic mass is 10.00. The molecule has 0 unspecified atom stereocenters. The lowest BCUT2D eigenvalue weighted by molar-refractivity contribution is 0.0902. The van der Waals surface area contributed by atoms with Gasteiger partial charge in [-0.15, -0.1) is 10.2 Å². The first-order valence-corrected chi connectivity index (χ1v) is 13.0. The maximum absolute atomic E-state index is 12.4. The fourth-order valence-corrected chi connectivity index (χ4v) is 5.29. The van der Waals surface area contributed by atoms with Gasteiger partial charge in [-0.1, -0.05) is 17.8 Å². The molecule has 3 heterocycles. The van der Waals surface area contributed by atoms with Crippen molar-refractivity contribution in [2.45, 2.75) is 44.6 Å².